The Bertz CT molecular complexity index is 983. The van der Waals surface area contributed by atoms with E-state index in [1.165, 1.54) is 12.1 Å². The molecule has 0 saturated carbocycles. The summed E-state index contributed by atoms with van der Waals surface area (Å²) in [6.07, 6.45) is 0.636. The van der Waals surface area contributed by atoms with Crippen LogP contribution in [0.15, 0.2) is 42.5 Å². The van der Waals surface area contributed by atoms with Gasteiger partial charge < -0.3 is 20.1 Å². The second kappa shape index (κ2) is 6.10. The average Bonchev–Trinajstić information content (AvgIpc) is 2.86. The minimum absolute atomic E-state index is 0.00266. The monoisotopic (exact) mass is 342 g/mol. The largest absolute Gasteiger partial charge is 0.369 e. The number of nitrogen functional groups attached to an aromatic ring is 1. The summed E-state index contributed by atoms with van der Waals surface area (Å²) in [6.45, 7) is 0.573. The number of nitrogens with zero attached hydrogens (tertiary/aromatic N) is 3. The molecule has 0 aliphatic carbocycles. The zero-order chi connectivity index (χ0) is 17.3. The maximum Gasteiger partial charge on any atom is 0.356 e. The number of fused-ring (bicyclic) bond motifs is 1. The lowest BCUT2D eigenvalue weighted by Gasteiger charge is -2.08. The van der Waals surface area contributed by atoms with Crippen molar-refractivity contribution in [1.82, 2.24) is 9.55 Å². The van der Waals surface area contributed by atoms with Crippen LogP contribution in [0.25, 0.3) is 11.0 Å². The maximum absolute atomic E-state index is 11.2. The Balaban J connectivity index is 1.82. The molecule has 122 valence electrons. The van der Waals surface area contributed by atoms with E-state index < -0.39 is 7.60 Å². The van der Waals surface area contributed by atoms with Crippen molar-refractivity contribution in [3.63, 3.8) is 0 Å². The van der Waals surface area contributed by atoms with Gasteiger partial charge in [0.25, 0.3) is 0 Å². The first-order chi connectivity index (χ1) is 11.4. The molecule has 0 radical (unpaired) electrons. The Morgan fingerprint density at radius 1 is 1.21 bits per heavy atom. The minimum Gasteiger partial charge on any atom is -0.369 e. The Morgan fingerprint density at radius 2 is 1.92 bits per heavy atom. The van der Waals surface area contributed by atoms with Crippen molar-refractivity contribution in [1.29, 1.82) is 5.26 Å². The fraction of sp³-hybridized carbons (Fsp3) is 0.125. The van der Waals surface area contributed by atoms with Gasteiger partial charge in [-0.15, -0.1) is 0 Å². The summed E-state index contributed by atoms with van der Waals surface area (Å²) in [7, 11) is -4.21. The lowest BCUT2D eigenvalue weighted by molar-refractivity contribution is 0.387. The molecular formula is C16H15N4O3P. The highest BCUT2D eigenvalue weighted by Gasteiger charge is 2.16. The minimum atomic E-state index is -4.21. The molecule has 1 aromatic heterocycles. The molecular weight excluding hydrogens is 327 g/mol. The summed E-state index contributed by atoms with van der Waals surface area (Å²) in [5.41, 5.74) is 8.93. The lowest BCUT2D eigenvalue weighted by Crippen LogP contribution is -2.07. The van der Waals surface area contributed by atoms with Crippen LogP contribution in [0.1, 0.15) is 11.1 Å². The van der Waals surface area contributed by atoms with Crippen LogP contribution in [0.2, 0.25) is 0 Å². The van der Waals surface area contributed by atoms with Crippen LogP contribution in [0, 0.1) is 11.3 Å². The number of hydrogen-bond acceptors (Lipinski definition) is 4. The number of hydrogen-bond donors (Lipinski definition) is 3. The van der Waals surface area contributed by atoms with Gasteiger partial charge in [0.2, 0.25) is 5.95 Å². The van der Waals surface area contributed by atoms with Crippen LogP contribution in [-0.4, -0.2) is 19.3 Å². The first kappa shape index (κ1) is 16.2. The number of aryl methyl sites for hydroxylation is 2. The molecule has 1 heterocycles. The summed E-state index contributed by atoms with van der Waals surface area (Å²) < 4.78 is 13.0. The summed E-state index contributed by atoms with van der Waals surface area (Å²) in [5.74, 6) is 0.368. The summed E-state index contributed by atoms with van der Waals surface area (Å²) >= 11 is 0. The van der Waals surface area contributed by atoms with Crippen LogP contribution in [0.3, 0.4) is 0 Å². The number of aromatic nitrogens is 2. The summed E-state index contributed by atoms with van der Waals surface area (Å²) in [4.78, 5) is 22.5. The summed E-state index contributed by atoms with van der Waals surface area (Å²) in [5, 5.41) is 8.94. The average molecular weight is 342 g/mol. The third kappa shape index (κ3) is 3.17. The third-order valence-electron chi connectivity index (χ3n) is 3.80. The standard InChI is InChI=1S/C16H15N4O3P/c17-10-12-3-6-15-14(9-12)19-16(18)20(15)8-7-11-1-4-13(5-2-11)24(21,22)23/h1-6,9H,7-8H2,(H2,18,19)(H2,21,22,23). The SMILES string of the molecule is N#Cc1ccc2c(c1)nc(N)n2CCc1ccc(P(=O)(O)O)cc1. The molecule has 3 aromatic rings. The zero-order valence-corrected chi connectivity index (χ0v) is 13.5. The van der Waals surface area contributed by atoms with Crippen molar-refractivity contribution in [2.24, 2.45) is 0 Å². The van der Waals surface area contributed by atoms with Gasteiger partial charge in [0.05, 0.1) is 28.0 Å². The summed E-state index contributed by atoms with van der Waals surface area (Å²) in [6, 6.07) is 13.5. The normalized spacial score (nSPS) is 11.5. The van der Waals surface area contributed by atoms with E-state index in [9.17, 15) is 4.57 Å². The number of anilines is 1. The van der Waals surface area contributed by atoms with Gasteiger partial charge in [-0.3, -0.25) is 4.57 Å². The van der Waals surface area contributed by atoms with Gasteiger partial charge in [-0.2, -0.15) is 5.26 Å². The van der Waals surface area contributed by atoms with Crippen LogP contribution >= 0.6 is 7.60 Å². The maximum atomic E-state index is 11.2. The highest BCUT2D eigenvalue weighted by molar-refractivity contribution is 7.60. The molecule has 0 bridgehead atoms. The van der Waals surface area contributed by atoms with E-state index in [4.69, 9.17) is 20.8 Å². The molecule has 0 unspecified atom stereocenters. The molecule has 0 spiro atoms. The number of nitrogens with two attached hydrogens (primary N) is 1. The number of benzene rings is 2. The van der Waals surface area contributed by atoms with Gasteiger partial charge in [0, 0.05) is 6.54 Å². The van der Waals surface area contributed by atoms with E-state index in [0.717, 1.165) is 11.1 Å². The highest BCUT2D eigenvalue weighted by atomic mass is 31.2. The molecule has 4 N–H and O–H groups in total. The van der Waals surface area contributed by atoms with Crippen molar-refractivity contribution in [3.05, 3.63) is 53.6 Å². The molecule has 8 heteroatoms. The van der Waals surface area contributed by atoms with E-state index >= 15 is 0 Å². The van der Waals surface area contributed by atoms with E-state index in [-0.39, 0.29) is 5.30 Å². The van der Waals surface area contributed by atoms with Crippen molar-refractivity contribution in [2.75, 3.05) is 5.73 Å². The molecule has 24 heavy (non-hydrogen) atoms. The van der Waals surface area contributed by atoms with Gasteiger partial charge in [-0.05, 0) is 42.3 Å². The van der Waals surface area contributed by atoms with E-state index in [0.29, 0.717) is 30.0 Å². The van der Waals surface area contributed by atoms with E-state index in [2.05, 4.69) is 11.1 Å². The molecule has 0 saturated heterocycles. The first-order valence-corrected chi connectivity index (χ1v) is 8.80. The van der Waals surface area contributed by atoms with Gasteiger partial charge in [-0.1, -0.05) is 12.1 Å². The van der Waals surface area contributed by atoms with Gasteiger partial charge in [0.1, 0.15) is 0 Å². The second-order valence-corrected chi connectivity index (χ2v) is 7.00. The van der Waals surface area contributed by atoms with Crippen molar-refractivity contribution >= 4 is 29.9 Å². The third-order valence-corrected chi connectivity index (χ3v) is 4.77. The number of imidazole rings is 1. The number of rotatable bonds is 4. The smallest absolute Gasteiger partial charge is 0.356 e. The molecule has 7 nitrogen and oxygen atoms in total. The quantitative estimate of drug-likeness (QED) is 0.618. The Morgan fingerprint density at radius 3 is 2.54 bits per heavy atom. The van der Waals surface area contributed by atoms with Crippen LogP contribution in [0.5, 0.6) is 0 Å². The zero-order valence-electron chi connectivity index (χ0n) is 12.6. The van der Waals surface area contributed by atoms with Crippen LogP contribution < -0.4 is 11.0 Å². The Hall–Kier alpha value is -2.65. The lowest BCUT2D eigenvalue weighted by atomic mass is 10.1. The predicted molar refractivity (Wildman–Crippen MR) is 90.7 cm³/mol. The molecule has 0 fully saturated rings. The topological polar surface area (TPSA) is 125 Å². The van der Waals surface area contributed by atoms with Crippen molar-refractivity contribution in [3.8, 4) is 6.07 Å². The molecule has 3 rings (SSSR count). The van der Waals surface area contributed by atoms with E-state index in [1.807, 2.05) is 10.6 Å². The second-order valence-electron chi connectivity index (χ2n) is 5.40. The van der Waals surface area contributed by atoms with E-state index in [1.54, 1.807) is 24.3 Å². The van der Waals surface area contributed by atoms with Crippen molar-refractivity contribution < 1.29 is 14.4 Å². The fourth-order valence-corrected chi connectivity index (χ4v) is 3.09. The van der Waals surface area contributed by atoms with Crippen LogP contribution in [0.4, 0.5) is 5.95 Å². The molecule has 0 aliphatic rings. The molecule has 2 aromatic carbocycles. The number of nitriles is 1. The van der Waals surface area contributed by atoms with Crippen molar-refractivity contribution in [2.45, 2.75) is 13.0 Å². The Labute approximate surface area is 138 Å². The predicted octanol–water partition coefficient (Wildman–Crippen LogP) is 1.54. The highest BCUT2D eigenvalue weighted by Crippen LogP contribution is 2.32. The Kier molecular flexibility index (Phi) is 4.12. The van der Waals surface area contributed by atoms with Crippen LogP contribution in [-0.2, 0) is 17.5 Å². The molecule has 0 amide bonds. The van der Waals surface area contributed by atoms with Gasteiger partial charge in [0.15, 0.2) is 0 Å². The molecule has 0 atom stereocenters. The fourth-order valence-electron chi connectivity index (χ4n) is 2.55. The molecule has 0 aliphatic heterocycles. The van der Waals surface area contributed by atoms with Gasteiger partial charge >= 0.3 is 7.60 Å². The van der Waals surface area contributed by atoms with Gasteiger partial charge in [-0.25, -0.2) is 4.98 Å². The first-order valence-electron chi connectivity index (χ1n) is 7.19.